The van der Waals surface area contributed by atoms with Gasteiger partial charge in [-0.3, -0.25) is 4.57 Å². The smallest absolute Gasteiger partial charge is 0.224 e. The number of hydrogen-bond donors (Lipinski definition) is 6. The third-order valence-electron chi connectivity index (χ3n) is 7.44. The van der Waals surface area contributed by atoms with Crippen LogP contribution in [0.2, 0.25) is 0 Å². The van der Waals surface area contributed by atoms with Gasteiger partial charge in [-0.2, -0.15) is 21.7 Å². The Kier molecular flexibility index (Phi) is 7.96. The molecule has 1 unspecified atom stereocenters. The van der Waals surface area contributed by atoms with Crippen molar-refractivity contribution in [2.45, 2.75) is 49.2 Å². The third-order valence-corrected chi connectivity index (χ3v) is 8.91. The molecule has 17 heteroatoms. The van der Waals surface area contributed by atoms with Crippen molar-refractivity contribution in [3.05, 3.63) is 24.5 Å². The van der Waals surface area contributed by atoms with Gasteiger partial charge < -0.3 is 42.4 Å². The first kappa shape index (κ1) is 27.7. The SMILES string of the molecule is Nc1nc(N)c2nc(CNCCN3CCC(SC[C@H]4O[C@@H](n5cnc6c(N)ncnc65)C(O)[C@H]4O)CC3)cnc2n1. The van der Waals surface area contributed by atoms with Crippen LogP contribution in [0, 0.1) is 0 Å². The lowest BCUT2D eigenvalue weighted by molar-refractivity contribution is -0.0289. The van der Waals surface area contributed by atoms with E-state index in [-0.39, 0.29) is 17.6 Å². The van der Waals surface area contributed by atoms with Gasteiger partial charge in [0.15, 0.2) is 34.7 Å². The van der Waals surface area contributed by atoms with Crippen molar-refractivity contribution < 1.29 is 14.9 Å². The number of nitrogens with one attached hydrogen (secondary N) is 1. The molecule has 0 amide bonds. The van der Waals surface area contributed by atoms with E-state index in [9.17, 15) is 10.2 Å². The highest BCUT2D eigenvalue weighted by Crippen LogP contribution is 2.35. The van der Waals surface area contributed by atoms with Crippen LogP contribution in [0.15, 0.2) is 18.9 Å². The van der Waals surface area contributed by atoms with Gasteiger partial charge in [0, 0.05) is 30.6 Å². The predicted molar refractivity (Wildman–Crippen MR) is 153 cm³/mol. The van der Waals surface area contributed by atoms with Crippen molar-refractivity contribution in [3.8, 4) is 0 Å². The van der Waals surface area contributed by atoms with Crippen LogP contribution in [-0.2, 0) is 11.3 Å². The van der Waals surface area contributed by atoms with Crippen LogP contribution in [0.1, 0.15) is 24.8 Å². The fourth-order valence-electron chi connectivity index (χ4n) is 5.20. The number of likely N-dealkylation sites (tertiary alicyclic amines) is 1. The number of ether oxygens (including phenoxy) is 1. The minimum absolute atomic E-state index is 0.0795. The molecule has 6 rings (SSSR count). The second-order valence-electron chi connectivity index (χ2n) is 10.2. The summed E-state index contributed by atoms with van der Waals surface area (Å²) in [6, 6.07) is 0. The van der Waals surface area contributed by atoms with E-state index < -0.39 is 24.5 Å². The van der Waals surface area contributed by atoms with Crippen LogP contribution in [0.3, 0.4) is 0 Å². The Balaban J connectivity index is 0.926. The van der Waals surface area contributed by atoms with Gasteiger partial charge in [0.1, 0.15) is 24.1 Å². The van der Waals surface area contributed by atoms with E-state index in [1.165, 1.54) is 12.7 Å². The molecule has 41 heavy (non-hydrogen) atoms. The summed E-state index contributed by atoms with van der Waals surface area (Å²) < 4.78 is 7.68. The highest BCUT2D eigenvalue weighted by Gasteiger charge is 2.44. The van der Waals surface area contributed by atoms with Crippen LogP contribution >= 0.6 is 11.8 Å². The van der Waals surface area contributed by atoms with Gasteiger partial charge in [0.05, 0.1) is 24.3 Å². The van der Waals surface area contributed by atoms with Gasteiger partial charge in [-0.1, -0.05) is 0 Å². The lowest BCUT2D eigenvalue weighted by atomic mass is 10.1. The van der Waals surface area contributed by atoms with E-state index >= 15 is 0 Å². The number of thioether (sulfide) groups is 1. The fourth-order valence-corrected chi connectivity index (χ4v) is 6.49. The number of nitrogens with zero attached hydrogens (tertiary/aromatic N) is 9. The molecule has 4 aromatic heterocycles. The summed E-state index contributed by atoms with van der Waals surface area (Å²) in [5.41, 5.74) is 19.9. The Bertz CT molecular complexity index is 1520. The minimum atomic E-state index is -1.10. The zero-order valence-electron chi connectivity index (χ0n) is 22.2. The second-order valence-corrected chi connectivity index (χ2v) is 11.5. The number of hydrogen-bond acceptors (Lipinski definition) is 16. The molecule has 2 aliphatic rings. The average molecular weight is 584 g/mol. The van der Waals surface area contributed by atoms with Crippen molar-refractivity contribution in [3.63, 3.8) is 0 Å². The maximum Gasteiger partial charge on any atom is 0.224 e. The first-order chi connectivity index (χ1) is 19.9. The van der Waals surface area contributed by atoms with E-state index in [4.69, 9.17) is 21.9 Å². The second kappa shape index (κ2) is 11.8. The highest BCUT2D eigenvalue weighted by molar-refractivity contribution is 7.99. The van der Waals surface area contributed by atoms with Crippen molar-refractivity contribution in [1.82, 2.24) is 49.7 Å². The number of aliphatic hydroxyl groups excluding tert-OH is 2. The standard InChI is InChI=1S/C24H33N13O3S/c25-19-16-22(31-10-30-19)37(11-32-16)23-18(39)17(38)14(40-23)9-41-13-1-4-36(5-2-13)6-3-28-7-12-8-29-21-15(33-12)20(26)34-24(27)35-21/h8,10-11,13-14,17-18,23,28,38-39H,1-7,9H2,(H2,25,30,31)(H4,26,27,29,34,35)/t14-,17+,18?,23-/m1/s1. The first-order valence-electron chi connectivity index (χ1n) is 13.4. The molecule has 0 radical (unpaired) electrons. The summed E-state index contributed by atoms with van der Waals surface area (Å²) in [6.07, 6.45) is 3.18. The Morgan fingerprint density at radius 3 is 2.63 bits per heavy atom. The molecule has 0 saturated carbocycles. The maximum absolute atomic E-state index is 10.7. The molecule has 6 heterocycles. The largest absolute Gasteiger partial charge is 0.387 e. The van der Waals surface area contributed by atoms with Crippen LogP contribution in [0.4, 0.5) is 17.6 Å². The molecule has 4 aromatic rings. The number of rotatable bonds is 9. The van der Waals surface area contributed by atoms with Crippen molar-refractivity contribution >= 4 is 51.7 Å². The molecule has 2 aliphatic heterocycles. The summed E-state index contributed by atoms with van der Waals surface area (Å²) >= 11 is 1.78. The summed E-state index contributed by atoms with van der Waals surface area (Å²) in [7, 11) is 0. The summed E-state index contributed by atoms with van der Waals surface area (Å²) in [4.78, 5) is 31.6. The van der Waals surface area contributed by atoms with Crippen molar-refractivity contribution in [2.75, 3.05) is 49.1 Å². The van der Waals surface area contributed by atoms with Crippen molar-refractivity contribution in [1.29, 1.82) is 0 Å². The topological polar surface area (TPSA) is 238 Å². The van der Waals surface area contributed by atoms with Crippen LogP contribution in [-0.4, -0.2) is 110 Å². The zero-order chi connectivity index (χ0) is 28.5. The molecule has 4 atom stereocenters. The van der Waals surface area contributed by atoms with Crippen LogP contribution < -0.4 is 22.5 Å². The zero-order valence-corrected chi connectivity index (χ0v) is 23.1. The first-order valence-corrected chi connectivity index (χ1v) is 14.5. The van der Waals surface area contributed by atoms with E-state index in [1.54, 1.807) is 22.5 Å². The van der Waals surface area contributed by atoms with Gasteiger partial charge in [-0.25, -0.2) is 24.9 Å². The number of aromatic nitrogens is 8. The molecule has 0 spiro atoms. The average Bonchev–Trinajstić information content (AvgIpc) is 3.52. The summed E-state index contributed by atoms with van der Waals surface area (Å²) in [5.74, 6) is 1.14. The third kappa shape index (κ3) is 5.81. The fraction of sp³-hybridized carbons (Fsp3) is 0.542. The molecular formula is C24H33N13O3S. The molecular weight excluding hydrogens is 550 g/mol. The molecule has 0 aliphatic carbocycles. The Morgan fingerprint density at radius 2 is 1.80 bits per heavy atom. The number of piperidine rings is 1. The predicted octanol–water partition coefficient (Wildman–Crippen LogP) is -1.09. The Morgan fingerprint density at radius 1 is 0.976 bits per heavy atom. The van der Waals surface area contributed by atoms with Crippen LogP contribution in [0.25, 0.3) is 22.3 Å². The van der Waals surface area contributed by atoms with Crippen molar-refractivity contribution in [2.24, 2.45) is 0 Å². The molecule has 2 saturated heterocycles. The number of anilines is 3. The molecule has 218 valence electrons. The van der Waals surface area contributed by atoms with Crippen LogP contribution in [0.5, 0.6) is 0 Å². The number of nitrogens with two attached hydrogens (primary N) is 3. The van der Waals surface area contributed by atoms with Gasteiger partial charge in [0.25, 0.3) is 0 Å². The lowest BCUT2D eigenvalue weighted by Crippen LogP contribution is -2.39. The molecule has 0 aromatic carbocycles. The number of fused-ring (bicyclic) bond motifs is 2. The Hall–Kier alpha value is -3.48. The monoisotopic (exact) mass is 583 g/mol. The molecule has 16 nitrogen and oxygen atoms in total. The minimum Gasteiger partial charge on any atom is -0.387 e. The summed E-state index contributed by atoms with van der Waals surface area (Å²) in [6.45, 7) is 4.28. The summed E-state index contributed by atoms with van der Waals surface area (Å²) in [5, 5.41) is 25.3. The molecule has 2 fully saturated rings. The normalized spacial score (nSPS) is 24.0. The maximum atomic E-state index is 10.7. The lowest BCUT2D eigenvalue weighted by Gasteiger charge is -2.32. The molecule has 9 N–H and O–H groups in total. The van der Waals surface area contributed by atoms with E-state index in [2.05, 4.69) is 45.1 Å². The highest BCUT2D eigenvalue weighted by atomic mass is 32.2. The van der Waals surface area contributed by atoms with E-state index in [0.717, 1.165) is 44.7 Å². The number of nitrogen functional groups attached to an aromatic ring is 3. The Labute approximate surface area is 239 Å². The molecule has 0 bridgehead atoms. The van der Waals surface area contributed by atoms with E-state index in [0.29, 0.717) is 39.9 Å². The number of imidazole rings is 1. The number of aliphatic hydroxyl groups is 2. The van der Waals surface area contributed by atoms with Gasteiger partial charge in [-0.15, -0.1) is 0 Å². The quantitative estimate of drug-likeness (QED) is 0.128. The van der Waals surface area contributed by atoms with E-state index in [1.807, 2.05) is 0 Å². The van der Waals surface area contributed by atoms with Gasteiger partial charge in [0.2, 0.25) is 5.95 Å². The van der Waals surface area contributed by atoms with Gasteiger partial charge in [-0.05, 0) is 25.9 Å². The van der Waals surface area contributed by atoms with Gasteiger partial charge >= 0.3 is 0 Å².